The van der Waals surface area contributed by atoms with Crippen LogP contribution in [0.3, 0.4) is 0 Å². The fourth-order valence-electron chi connectivity index (χ4n) is 3.14. The summed E-state index contributed by atoms with van der Waals surface area (Å²) in [6.07, 6.45) is 0. The summed E-state index contributed by atoms with van der Waals surface area (Å²) in [5.41, 5.74) is 3.57. The highest BCUT2D eigenvalue weighted by Gasteiger charge is 2.37. The first-order valence-corrected chi connectivity index (χ1v) is 8.61. The standard InChI is InChI=1S/C19H15NO3S/c1-12(21)23-17-11-24-19-16-9-5-4-8-15(16)18(22)20(19)10-13-6-2-3-7-14(13)17/h2-9,11,19H,10H2,1H3/t19-/m1/s1. The summed E-state index contributed by atoms with van der Waals surface area (Å²) in [5, 5.41) is 1.74. The van der Waals surface area contributed by atoms with E-state index in [1.54, 1.807) is 0 Å². The Hall–Kier alpha value is -2.53. The van der Waals surface area contributed by atoms with Crippen LogP contribution in [0.5, 0.6) is 0 Å². The van der Waals surface area contributed by atoms with E-state index in [4.69, 9.17) is 4.74 Å². The topological polar surface area (TPSA) is 46.6 Å². The van der Waals surface area contributed by atoms with Gasteiger partial charge >= 0.3 is 5.97 Å². The van der Waals surface area contributed by atoms with Crippen LogP contribution in [0.4, 0.5) is 0 Å². The maximum Gasteiger partial charge on any atom is 0.308 e. The fraction of sp³-hybridized carbons (Fsp3) is 0.158. The Bertz CT molecular complexity index is 874. The normalized spacial score (nSPS) is 18.7. The Balaban J connectivity index is 1.82. The van der Waals surface area contributed by atoms with Crippen molar-refractivity contribution in [1.29, 1.82) is 0 Å². The predicted molar refractivity (Wildman–Crippen MR) is 92.8 cm³/mol. The van der Waals surface area contributed by atoms with Crippen LogP contribution in [0.15, 0.2) is 53.9 Å². The van der Waals surface area contributed by atoms with Crippen LogP contribution in [-0.2, 0) is 16.1 Å². The third-order valence-electron chi connectivity index (χ3n) is 4.18. The van der Waals surface area contributed by atoms with Crippen molar-refractivity contribution in [3.05, 3.63) is 76.2 Å². The van der Waals surface area contributed by atoms with Gasteiger partial charge in [-0.3, -0.25) is 9.59 Å². The van der Waals surface area contributed by atoms with Gasteiger partial charge in [0.2, 0.25) is 0 Å². The molecule has 24 heavy (non-hydrogen) atoms. The molecule has 1 amide bonds. The molecule has 2 aliphatic heterocycles. The van der Waals surface area contributed by atoms with Crippen LogP contribution < -0.4 is 0 Å². The van der Waals surface area contributed by atoms with Crippen molar-refractivity contribution in [3.63, 3.8) is 0 Å². The number of benzene rings is 2. The Morgan fingerprint density at radius 1 is 1.12 bits per heavy atom. The molecule has 0 aromatic heterocycles. The Morgan fingerprint density at radius 3 is 2.62 bits per heavy atom. The van der Waals surface area contributed by atoms with Gasteiger partial charge in [-0.05, 0) is 17.2 Å². The number of rotatable bonds is 1. The smallest absolute Gasteiger partial charge is 0.308 e. The summed E-state index contributed by atoms with van der Waals surface area (Å²) >= 11 is 1.49. The Morgan fingerprint density at radius 2 is 1.83 bits per heavy atom. The van der Waals surface area contributed by atoms with E-state index < -0.39 is 0 Å². The fourth-order valence-corrected chi connectivity index (χ4v) is 4.24. The maximum atomic E-state index is 12.8. The van der Waals surface area contributed by atoms with Crippen molar-refractivity contribution >= 4 is 29.4 Å². The molecule has 0 N–H and O–H groups in total. The molecular weight excluding hydrogens is 322 g/mol. The van der Waals surface area contributed by atoms with Crippen LogP contribution in [0.25, 0.3) is 5.76 Å². The number of ether oxygens (including phenoxy) is 1. The second-order valence-corrected chi connectivity index (χ2v) is 6.70. The molecule has 2 aromatic rings. The van der Waals surface area contributed by atoms with Crippen molar-refractivity contribution in [3.8, 4) is 0 Å². The molecular formula is C19H15NO3S. The molecule has 0 radical (unpaired) electrons. The molecule has 0 saturated heterocycles. The van der Waals surface area contributed by atoms with Crippen molar-refractivity contribution in [2.45, 2.75) is 18.8 Å². The number of esters is 1. The summed E-state index contributed by atoms with van der Waals surface area (Å²) in [6.45, 7) is 1.88. The molecule has 0 bridgehead atoms. The largest absolute Gasteiger partial charge is 0.426 e. The van der Waals surface area contributed by atoms with Crippen molar-refractivity contribution in [2.24, 2.45) is 0 Å². The number of fused-ring (bicyclic) bond motifs is 4. The minimum Gasteiger partial charge on any atom is -0.426 e. The first-order valence-electron chi connectivity index (χ1n) is 7.67. The third-order valence-corrected chi connectivity index (χ3v) is 5.30. The van der Waals surface area contributed by atoms with E-state index >= 15 is 0 Å². The molecule has 0 aliphatic carbocycles. The number of nitrogens with zero attached hydrogens (tertiary/aromatic N) is 1. The van der Waals surface area contributed by atoms with Gasteiger partial charge in [0.1, 0.15) is 11.1 Å². The van der Waals surface area contributed by atoms with E-state index in [1.807, 2.05) is 58.8 Å². The molecule has 4 rings (SSSR count). The summed E-state index contributed by atoms with van der Waals surface area (Å²) in [4.78, 5) is 26.1. The molecule has 0 fully saturated rings. The van der Waals surface area contributed by atoms with Crippen LogP contribution in [-0.4, -0.2) is 16.8 Å². The molecule has 0 saturated carbocycles. The summed E-state index contributed by atoms with van der Waals surface area (Å²) in [5.74, 6) is 0.235. The van der Waals surface area contributed by atoms with Gasteiger partial charge < -0.3 is 9.64 Å². The number of hydrogen-bond donors (Lipinski definition) is 0. The minimum absolute atomic E-state index is 0.0437. The number of thioether (sulfide) groups is 1. The number of hydrogen-bond acceptors (Lipinski definition) is 4. The highest BCUT2D eigenvalue weighted by molar-refractivity contribution is 8.02. The van der Waals surface area contributed by atoms with E-state index in [2.05, 4.69) is 0 Å². The molecule has 0 spiro atoms. The zero-order valence-electron chi connectivity index (χ0n) is 13.1. The predicted octanol–water partition coefficient (Wildman–Crippen LogP) is 3.95. The first kappa shape index (κ1) is 15.0. The van der Waals surface area contributed by atoms with Gasteiger partial charge in [0, 0.05) is 30.0 Å². The molecule has 2 aromatic carbocycles. The first-order chi connectivity index (χ1) is 11.6. The quantitative estimate of drug-likeness (QED) is 0.739. The lowest BCUT2D eigenvalue weighted by Gasteiger charge is -2.27. The lowest BCUT2D eigenvalue weighted by atomic mass is 10.1. The summed E-state index contributed by atoms with van der Waals surface area (Å²) in [6, 6.07) is 15.4. The molecule has 4 nitrogen and oxygen atoms in total. The van der Waals surface area contributed by atoms with Crippen LogP contribution >= 0.6 is 11.8 Å². The van der Waals surface area contributed by atoms with Crippen LogP contribution in [0.2, 0.25) is 0 Å². The van der Waals surface area contributed by atoms with Crippen LogP contribution in [0, 0.1) is 0 Å². The van der Waals surface area contributed by atoms with Crippen LogP contribution in [0.1, 0.15) is 39.3 Å². The molecule has 0 unspecified atom stereocenters. The van der Waals surface area contributed by atoms with Gasteiger partial charge in [-0.15, -0.1) is 11.8 Å². The molecule has 1 atom stereocenters. The Labute approximate surface area is 144 Å². The zero-order valence-corrected chi connectivity index (χ0v) is 13.9. The molecule has 2 aliphatic rings. The number of carbonyl (C=O) groups excluding carboxylic acids is 2. The van der Waals surface area contributed by atoms with E-state index in [0.717, 1.165) is 22.3 Å². The average Bonchev–Trinajstić information content (AvgIpc) is 2.82. The number of carbonyl (C=O) groups is 2. The zero-order chi connectivity index (χ0) is 16.7. The maximum absolute atomic E-state index is 12.8. The average molecular weight is 337 g/mol. The monoisotopic (exact) mass is 337 g/mol. The summed E-state index contributed by atoms with van der Waals surface area (Å²) in [7, 11) is 0. The van der Waals surface area contributed by atoms with Gasteiger partial charge in [-0.25, -0.2) is 0 Å². The van der Waals surface area contributed by atoms with Gasteiger partial charge in [-0.1, -0.05) is 42.5 Å². The number of amides is 1. The van der Waals surface area contributed by atoms with Crippen molar-refractivity contribution < 1.29 is 14.3 Å². The molecule has 2 heterocycles. The van der Waals surface area contributed by atoms with Gasteiger partial charge in [0.25, 0.3) is 5.91 Å². The lowest BCUT2D eigenvalue weighted by Crippen LogP contribution is -2.27. The second-order valence-electron chi connectivity index (χ2n) is 5.74. The van der Waals surface area contributed by atoms with E-state index in [-0.39, 0.29) is 17.3 Å². The lowest BCUT2D eigenvalue weighted by molar-refractivity contribution is -0.134. The van der Waals surface area contributed by atoms with Gasteiger partial charge in [0.15, 0.2) is 0 Å². The second kappa shape index (κ2) is 5.83. The summed E-state index contributed by atoms with van der Waals surface area (Å²) < 4.78 is 5.41. The SMILES string of the molecule is CC(=O)OC1=CS[C@@H]2c3ccccc3C(=O)N2Cc2ccccc21. The van der Waals surface area contributed by atoms with E-state index in [9.17, 15) is 9.59 Å². The highest BCUT2D eigenvalue weighted by atomic mass is 32.2. The molecule has 5 heteroatoms. The van der Waals surface area contributed by atoms with Crippen molar-refractivity contribution in [1.82, 2.24) is 4.90 Å². The highest BCUT2D eigenvalue weighted by Crippen LogP contribution is 2.45. The minimum atomic E-state index is -0.350. The van der Waals surface area contributed by atoms with Crippen molar-refractivity contribution in [2.75, 3.05) is 0 Å². The Kier molecular flexibility index (Phi) is 3.65. The van der Waals surface area contributed by atoms with E-state index in [1.165, 1.54) is 18.7 Å². The van der Waals surface area contributed by atoms with Gasteiger partial charge in [-0.2, -0.15) is 0 Å². The molecule has 120 valence electrons. The van der Waals surface area contributed by atoms with Gasteiger partial charge in [0.05, 0.1) is 0 Å². The van der Waals surface area contributed by atoms with E-state index in [0.29, 0.717) is 12.3 Å². The third kappa shape index (κ3) is 2.41.